The summed E-state index contributed by atoms with van der Waals surface area (Å²) in [5, 5.41) is 3.34. The maximum absolute atomic E-state index is 12.8. The van der Waals surface area contributed by atoms with Crippen LogP contribution < -0.4 is 10.2 Å². The molecule has 1 amide bonds. The number of rotatable bonds is 3. The van der Waals surface area contributed by atoms with Gasteiger partial charge >= 0.3 is 0 Å². The predicted molar refractivity (Wildman–Crippen MR) is 128 cm³/mol. The molecule has 0 bridgehead atoms. The molecule has 2 aliphatic rings. The number of anilines is 1. The quantitative estimate of drug-likeness (QED) is 0.679. The number of nitrogens with zero attached hydrogens (tertiary/aromatic N) is 4. The van der Waals surface area contributed by atoms with Crippen molar-refractivity contribution >= 4 is 35.0 Å². The van der Waals surface area contributed by atoms with Gasteiger partial charge in [0, 0.05) is 44.5 Å². The van der Waals surface area contributed by atoms with Crippen LogP contribution in [-0.4, -0.2) is 59.1 Å². The van der Waals surface area contributed by atoms with Gasteiger partial charge in [-0.05, 0) is 50.1 Å². The van der Waals surface area contributed by atoms with Crippen molar-refractivity contribution in [1.82, 2.24) is 19.8 Å². The first kappa shape index (κ1) is 21.7. The number of halogens is 1. The van der Waals surface area contributed by atoms with Gasteiger partial charge in [0.2, 0.25) is 5.91 Å². The van der Waals surface area contributed by atoms with Crippen LogP contribution >= 0.6 is 12.4 Å². The van der Waals surface area contributed by atoms with Gasteiger partial charge in [-0.15, -0.1) is 12.4 Å². The van der Waals surface area contributed by atoms with E-state index in [1.807, 2.05) is 6.07 Å². The summed E-state index contributed by atoms with van der Waals surface area (Å²) >= 11 is 0. The van der Waals surface area contributed by atoms with Crippen molar-refractivity contribution in [2.75, 3.05) is 37.6 Å². The van der Waals surface area contributed by atoms with E-state index in [1.54, 1.807) is 0 Å². The van der Waals surface area contributed by atoms with Gasteiger partial charge in [-0.1, -0.05) is 24.3 Å². The van der Waals surface area contributed by atoms with Gasteiger partial charge in [0.05, 0.1) is 17.1 Å². The van der Waals surface area contributed by atoms with E-state index in [1.165, 1.54) is 5.69 Å². The Kier molecular flexibility index (Phi) is 6.49. The third-order valence-electron chi connectivity index (χ3n) is 6.42. The highest BCUT2D eigenvalue weighted by molar-refractivity contribution is 5.85. The third kappa shape index (κ3) is 4.27. The minimum Gasteiger partial charge on any atom is -0.370 e. The third-order valence-corrected chi connectivity index (χ3v) is 6.42. The summed E-state index contributed by atoms with van der Waals surface area (Å²) in [5.74, 6) is 1.26. The van der Waals surface area contributed by atoms with Crippen molar-refractivity contribution in [3.05, 3.63) is 48.5 Å². The van der Waals surface area contributed by atoms with Gasteiger partial charge in [-0.25, -0.2) is 4.98 Å². The standard InChI is InChI=1S/C24H29N5O.ClH/c1-27-22-11-3-2-9-20(22)26-23(27)18-7-4-8-19(17-18)28-13-6-14-29(16-15-28)24(30)21-10-5-12-25-21;/h2-4,7-9,11,17,21,25H,5-6,10,12-16H2,1H3;1H/t21-;/m0./s1. The van der Waals surface area contributed by atoms with Crippen molar-refractivity contribution in [3.63, 3.8) is 0 Å². The molecular formula is C24H30ClN5O. The number of nitrogens with one attached hydrogen (secondary N) is 1. The smallest absolute Gasteiger partial charge is 0.239 e. The number of carbonyl (C=O) groups is 1. The van der Waals surface area contributed by atoms with Crippen molar-refractivity contribution in [3.8, 4) is 11.4 Å². The molecule has 1 N–H and O–H groups in total. The lowest BCUT2D eigenvalue weighted by atomic mass is 10.1. The summed E-state index contributed by atoms with van der Waals surface area (Å²) in [7, 11) is 2.07. The summed E-state index contributed by atoms with van der Waals surface area (Å²) in [4.78, 5) is 22.1. The monoisotopic (exact) mass is 439 g/mol. The molecule has 0 saturated carbocycles. The molecule has 3 heterocycles. The van der Waals surface area contributed by atoms with E-state index in [2.05, 4.69) is 69.2 Å². The Hall–Kier alpha value is -2.57. The van der Waals surface area contributed by atoms with Crippen LogP contribution in [0.15, 0.2) is 48.5 Å². The fourth-order valence-electron chi connectivity index (χ4n) is 4.76. The van der Waals surface area contributed by atoms with Crippen LogP contribution in [0.5, 0.6) is 0 Å². The molecule has 164 valence electrons. The fourth-order valence-corrected chi connectivity index (χ4v) is 4.76. The highest BCUT2D eigenvalue weighted by atomic mass is 35.5. The van der Waals surface area contributed by atoms with E-state index in [4.69, 9.17) is 4.98 Å². The maximum atomic E-state index is 12.8. The number of imidazole rings is 1. The summed E-state index contributed by atoms with van der Waals surface area (Å²) in [6.45, 7) is 4.43. The number of aromatic nitrogens is 2. The van der Waals surface area contributed by atoms with Crippen LogP contribution in [0, 0.1) is 0 Å². The molecular weight excluding hydrogens is 410 g/mol. The Labute approximate surface area is 189 Å². The Morgan fingerprint density at radius 3 is 2.71 bits per heavy atom. The van der Waals surface area contributed by atoms with Gasteiger partial charge in [0.1, 0.15) is 5.82 Å². The number of para-hydroxylation sites is 2. The Bertz CT molecular complexity index is 1060. The van der Waals surface area contributed by atoms with E-state index < -0.39 is 0 Å². The topological polar surface area (TPSA) is 53.4 Å². The molecule has 5 rings (SSSR count). The van der Waals surface area contributed by atoms with Gasteiger partial charge in [0.25, 0.3) is 0 Å². The van der Waals surface area contributed by atoms with E-state index in [9.17, 15) is 4.79 Å². The van der Waals surface area contributed by atoms with Gasteiger partial charge in [-0.2, -0.15) is 0 Å². The zero-order chi connectivity index (χ0) is 20.5. The second-order valence-corrected chi connectivity index (χ2v) is 8.35. The number of aryl methyl sites for hydroxylation is 1. The first-order valence-corrected chi connectivity index (χ1v) is 11.0. The van der Waals surface area contributed by atoms with Crippen LogP contribution in [-0.2, 0) is 11.8 Å². The van der Waals surface area contributed by atoms with Crippen LogP contribution in [0.1, 0.15) is 19.3 Å². The van der Waals surface area contributed by atoms with E-state index in [0.717, 1.165) is 74.4 Å². The van der Waals surface area contributed by atoms with Crippen molar-refractivity contribution in [2.45, 2.75) is 25.3 Å². The largest absolute Gasteiger partial charge is 0.370 e. The van der Waals surface area contributed by atoms with E-state index in [0.29, 0.717) is 0 Å². The highest BCUT2D eigenvalue weighted by Gasteiger charge is 2.28. The second kappa shape index (κ2) is 9.28. The first-order chi connectivity index (χ1) is 14.7. The molecule has 0 spiro atoms. The van der Waals surface area contributed by atoms with E-state index >= 15 is 0 Å². The summed E-state index contributed by atoms with van der Waals surface area (Å²) in [6, 6.07) is 16.9. The van der Waals surface area contributed by atoms with Crippen LogP contribution in [0.25, 0.3) is 22.4 Å². The van der Waals surface area contributed by atoms with Crippen molar-refractivity contribution < 1.29 is 4.79 Å². The average Bonchev–Trinajstić information content (AvgIpc) is 3.35. The molecule has 2 aromatic carbocycles. The Morgan fingerprint density at radius 1 is 1.03 bits per heavy atom. The number of carbonyl (C=O) groups excluding carboxylic acids is 1. The van der Waals surface area contributed by atoms with Gasteiger partial charge < -0.3 is 19.7 Å². The number of hydrogen-bond acceptors (Lipinski definition) is 4. The zero-order valence-electron chi connectivity index (χ0n) is 18.0. The van der Waals surface area contributed by atoms with Gasteiger partial charge in [-0.3, -0.25) is 4.79 Å². The normalized spacial score (nSPS) is 19.3. The molecule has 6 nitrogen and oxygen atoms in total. The lowest BCUT2D eigenvalue weighted by Gasteiger charge is -2.25. The number of benzene rings is 2. The molecule has 0 radical (unpaired) electrons. The molecule has 31 heavy (non-hydrogen) atoms. The molecule has 1 atom stereocenters. The zero-order valence-corrected chi connectivity index (χ0v) is 18.8. The molecule has 3 aromatic rings. The Balaban J connectivity index is 0.00000231. The number of hydrogen-bond donors (Lipinski definition) is 1. The van der Waals surface area contributed by atoms with Crippen LogP contribution in [0.2, 0.25) is 0 Å². The van der Waals surface area contributed by atoms with Crippen molar-refractivity contribution in [2.24, 2.45) is 7.05 Å². The summed E-state index contributed by atoms with van der Waals surface area (Å²) < 4.78 is 2.16. The minimum atomic E-state index is 0. The number of amides is 1. The maximum Gasteiger partial charge on any atom is 0.239 e. The molecule has 2 saturated heterocycles. The Morgan fingerprint density at radius 2 is 1.90 bits per heavy atom. The van der Waals surface area contributed by atoms with Gasteiger partial charge in [0.15, 0.2) is 0 Å². The first-order valence-electron chi connectivity index (χ1n) is 11.0. The second-order valence-electron chi connectivity index (χ2n) is 8.35. The molecule has 2 aliphatic heterocycles. The van der Waals surface area contributed by atoms with E-state index in [-0.39, 0.29) is 24.4 Å². The number of fused-ring (bicyclic) bond motifs is 1. The lowest BCUT2D eigenvalue weighted by Crippen LogP contribution is -2.45. The molecule has 2 fully saturated rings. The minimum absolute atomic E-state index is 0. The summed E-state index contributed by atoms with van der Waals surface area (Å²) in [5.41, 5.74) is 4.48. The molecule has 7 heteroatoms. The molecule has 1 aromatic heterocycles. The average molecular weight is 440 g/mol. The molecule has 0 unspecified atom stereocenters. The summed E-state index contributed by atoms with van der Waals surface area (Å²) in [6.07, 6.45) is 3.07. The SMILES string of the molecule is Cl.Cn1c(-c2cccc(N3CCCN(C(=O)[C@@H]4CCCN4)CC3)c2)nc2ccccc21. The van der Waals surface area contributed by atoms with Crippen LogP contribution in [0.3, 0.4) is 0 Å². The van der Waals surface area contributed by atoms with Crippen molar-refractivity contribution in [1.29, 1.82) is 0 Å². The molecule has 0 aliphatic carbocycles. The lowest BCUT2D eigenvalue weighted by molar-refractivity contribution is -0.132. The fraction of sp³-hybridized carbons (Fsp3) is 0.417. The van der Waals surface area contributed by atoms with Crippen LogP contribution in [0.4, 0.5) is 5.69 Å². The highest BCUT2D eigenvalue weighted by Crippen LogP contribution is 2.27. The predicted octanol–water partition coefficient (Wildman–Crippen LogP) is 3.45.